The van der Waals surface area contributed by atoms with Crippen molar-refractivity contribution in [3.8, 4) is 0 Å². The predicted molar refractivity (Wildman–Crippen MR) is 105 cm³/mol. The average molecular weight is 470 g/mol. The molecular weight excluding hydrogens is 451 g/mol. The smallest absolute Gasteiger partial charge is 0.307 e. The van der Waals surface area contributed by atoms with Crippen molar-refractivity contribution in [3.63, 3.8) is 0 Å². The molecule has 0 saturated carbocycles. The molecule has 0 radical (unpaired) electrons. The van der Waals surface area contributed by atoms with Crippen molar-refractivity contribution in [1.82, 2.24) is 19.6 Å². The van der Waals surface area contributed by atoms with Gasteiger partial charge in [-0.15, -0.1) is 0 Å². The van der Waals surface area contributed by atoms with E-state index in [2.05, 4.69) is 31.4 Å². The van der Waals surface area contributed by atoms with Crippen molar-refractivity contribution >= 4 is 27.7 Å². The highest BCUT2D eigenvalue weighted by Gasteiger charge is 2.32. The molecule has 6 nitrogen and oxygen atoms in total. The summed E-state index contributed by atoms with van der Waals surface area (Å²) in [4.78, 5) is 12.7. The first-order chi connectivity index (χ1) is 13.5. The van der Waals surface area contributed by atoms with E-state index in [0.29, 0.717) is 17.1 Å². The highest BCUT2D eigenvalue weighted by molar-refractivity contribution is 9.10. The van der Waals surface area contributed by atoms with Gasteiger partial charge in [0.25, 0.3) is 5.91 Å². The quantitative estimate of drug-likeness (QED) is 0.594. The number of aryl methyl sites for hydroxylation is 1. The Labute approximate surface area is 173 Å². The van der Waals surface area contributed by atoms with Crippen molar-refractivity contribution in [1.29, 1.82) is 0 Å². The molecule has 0 fully saturated rings. The van der Waals surface area contributed by atoms with Crippen LogP contribution in [0.5, 0.6) is 0 Å². The molecule has 0 aliphatic heterocycles. The summed E-state index contributed by atoms with van der Waals surface area (Å²) < 4.78 is 42.5. The van der Waals surface area contributed by atoms with Gasteiger partial charge < -0.3 is 5.32 Å². The Balaban J connectivity index is 1.76. The first-order valence-corrected chi connectivity index (χ1v) is 9.49. The topological polar surface area (TPSA) is 64.7 Å². The molecular formula is C19H19BrF3N5O. The van der Waals surface area contributed by atoms with Crippen LogP contribution in [0.1, 0.15) is 30.7 Å². The molecule has 154 valence electrons. The minimum Gasteiger partial charge on any atom is -0.307 e. The maximum Gasteiger partial charge on any atom is 0.416 e. The number of halogens is 4. The molecule has 1 N–H and O–H groups in total. The fourth-order valence-electron chi connectivity index (χ4n) is 2.73. The highest BCUT2D eigenvalue weighted by Crippen LogP contribution is 2.29. The Hall–Kier alpha value is -2.62. The van der Waals surface area contributed by atoms with Gasteiger partial charge in [-0.1, -0.05) is 12.1 Å². The number of hydrogen-bond acceptors (Lipinski definition) is 3. The fourth-order valence-corrected chi connectivity index (χ4v) is 3.02. The SMILES string of the molecule is Cc1cc(NC(=O)C(C)(C)n2cc(Br)cn2)nn1Cc1cccc(C(F)(F)F)c1. The molecule has 0 atom stereocenters. The Bertz CT molecular complexity index is 1040. The summed E-state index contributed by atoms with van der Waals surface area (Å²) in [6.45, 7) is 5.36. The lowest BCUT2D eigenvalue weighted by Crippen LogP contribution is -2.40. The second-order valence-electron chi connectivity index (χ2n) is 7.14. The van der Waals surface area contributed by atoms with Crippen molar-refractivity contribution in [3.05, 3.63) is 64.0 Å². The van der Waals surface area contributed by atoms with Gasteiger partial charge in [0.2, 0.25) is 0 Å². The van der Waals surface area contributed by atoms with Crippen LogP contribution in [0.4, 0.5) is 19.0 Å². The summed E-state index contributed by atoms with van der Waals surface area (Å²) in [5.74, 6) is -0.00408. The summed E-state index contributed by atoms with van der Waals surface area (Å²) in [6.07, 6.45) is -1.12. The van der Waals surface area contributed by atoms with Crippen LogP contribution in [-0.4, -0.2) is 25.5 Å². The number of alkyl halides is 3. The number of carbonyl (C=O) groups excluding carboxylic acids is 1. The van der Waals surface area contributed by atoms with Gasteiger partial charge in [-0.2, -0.15) is 23.4 Å². The van der Waals surface area contributed by atoms with E-state index in [-0.39, 0.29) is 12.5 Å². The highest BCUT2D eigenvalue weighted by atomic mass is 79.9. The zero-order valence-corrected chi connectivity index (χ0v) is 17.5. The number of amides is 1. The zero-order chi connectivity index (χ0) is 21.4. The maximum absolute atomic E-state index is 12.9. The van der Waals surface area contributed by atoms with E-state index < -0.39 is 17.3 Å². The summed E-state index contributed by atoms with van der Waals surface area (Å²) in [5, 5.41) is 11.2. The van der Waals surface area contributed by atoms with Crippen LogP contribution >= 0.6 is 15.9 Å². The molecule has 0 aliphatic carbocycles. The van der Waals surface area contributed by atoms with Gasteiger partial charge in [0, 0.05) is 18.0 Å². The van der Waals surface area contributed by atoms with Crippen molar-refractivity contribution in [2.75, 3.05) is 5.32 Å². The standard InChI is InChI=1S/C19H19BrF3N5O/c1-12-7-16(25-17(29)18(2,3)28-11-15(20)9-24-28)26-27(12)10-13-5-4-6-14(8-13)19(21,22)23/h4-9,11H,10H2,1-3H3,(H,25,26,29). The van der Waals surface area contributed by atoms with E-state index in [0.717, 1.165) is 16.6 Å². The molecule has 1 amide bonds. The first kappa shape index (κ1) is 21.1. The summed E-state index contributed by atoms with van der Waals surface area (Å²) in [6, 6.07) is 6.76. The van der Waals surface area contributed by atoms with Crippen LogP contribution in [0.25, 0.3) is 0 Å². The third-order valence-electron chi connectivity index (χ3n) is 4.49. The Morgan fingerprint density at radius 3 is 2.59 bits per heavy atom. The number of anilines is 1. The van der Waals surface area contributed by atoms with E-state index in [1.54, 1.807) is 50.0 Å². The maximum atomic E-state index is 12.9. The summed E-state index contributed by atoms with van der Waals surface area (Å²) in [5.41, 5.74) is -0.506. The molecule has 0 aliphatic rings. The molecule has 0 bridgehead atoms. The molecule has 0 unspecified atom stereocenters. The molecule has 0 spiro atoms. The predicted octanol–water partition coefficient (Wildman–Crippen LogP) is 4.59. The average Bonchev–Trinajstić information content (AvgIpc) is 3.21. The van der Waals surface area contributed by atoms with Gasteiger partial charge in [-0.25, -0.2) is 0 Å². The van der Waals surface area contributed by atoms with E-state index in [1.807, 2.05) is 0 Å². The molecule has 2 heterocycles. The van der Waals surface area contributed by atoms with Crippen LogP contribution in [0.3, 0.4) is 0 Å². The van der Waals surface area contributed by atoms with E-state index >= 15 is 0 Å². The fraction of sp³-hybridized carbons (Fsp3) is 0.316. The molecule has 10 heteroatoms. The molecule has 1 aromatic carbocycles. The number of aromatic nitrogens is 4. The lowest BCUT2D eigenvalue weighted by Gasteiger charge is -2.23. The monoisotopic (exact) mass is 469 g/mol. The van der Waals surface area contributed by atoms with E-state index in [4.69, 9.17) is 0 Å². The third kappa shape index (κ3) is 4.69. The van der Waals surface area contributed by atoms with Gasteiger partial charge in [-0.3, -0.25) is 14.2 Å². The molecule has 0 saturated heterocycles. The lowest BCUT2D eigenvalue weighted by molar-refractivity contribution is -0.137. The minimum atomic E-state index is -4.40. The second-order valence-corrected chi connectivity index (χ2v) is 8.06. The third-order valence-corrected chi connectivity index (χ3v) is 4.90. The number of rotatable bonds is 5. The van der Waals surface area contributed by atoms with Crippen LogP contribution < -0.4 is 5.32 Å². The van der Waals surface area contributed by atoms with E-state index in [9.17, 15) is 18.0 Å². The molecule has 3 aromatic rings. The van der Waals surface area contributed by atoms with Crippen LogP contribution in [-0.2, 0) is 23.1 Å². The molecule has 29 heavy (non-hydrogen) atoms. The Morgan fingerprint density at radius 1 is 1.24 bits per heavy atom. The Kier molecular flexibility index (Phi) is 5.57. The van der Waals surface area contributed by atoms with Gasteiger partial charge in [0.1, 0.15) is 5.54 Å². The first-order valence-electron chi connectivity index (χ1n) is 8.69. The van der Waals surface area contributed by atoms with E-state index in [1.165, 1.54) is 10.7 Å². The minimum absolute atomic E-state index is 0.154. The van der Waals surface area contributed by atoms with Crippen LogP contribution in [0.2, 0.25) is 0 Å². The molecule has 2 aromatic heterocycles. The normalized spacial score (nSPS) is 12.2. The van der Waals surface area contributed by atoms with Crippen LogP contribution in [0, 0.1) is 6.92 Å². The number of nitrogens with one attached hydrogen (secondary N) is 1. The number of benzene rings is 1. The van der Waals surface area contributed by atoms with Crippen molar-refractivity contribution in [2.24, 2.45) is 0 Å². The van der Waals surface area contributed by atoms with Gasteiger partial charge >= 0.3 is 6.18 Å². The van der Waals surface area contributed by atoms with Crippen molar-refractivity contribution < 1.29 is 18.0 Å². The van der Waals surface area contributed by atoms with Gasteiger partial charge in [0.05, 0.1) is 22.8 Å². The second kappa shape index (κ2) is 7.66. The number of nitrogens with zero attached hydrogens (tertiary/aromatic N) is 4. The van der Waals surface area contributed by atoms with Gasteiger partial charge in [-0.05, 0) is 54.4 Å². The Morgan fingerprint density at radius 2 is 1.97 bits per heavy atom. The van der Waals surface area contributed by atoms with Crippen molar-refractivity contribution in [2.45, 2.75) is 39.0 Å². The molecule has 3 rings (SSSR count). The largest absolute Gasteiger partial charge is 0.416 e. The number of hydrogen-bond donors (Lipinski definition) is 1. The summed E-state index contributed by atoms with van der Waals surface area (Å²) >= 11 is 3.30. The lowest BCUT2D eigenvalue weighted by atomic mass is 10.1. The van der Waals surface area contributed by atoms with Crippen LogP contribution in [0.15, 0.2) is 47.2 Å². The summed E-state index contributed by atoms with van der Waals surface area (Å²) in [7, 11) is 0. The zero-order valence-electron chi connectivity index (χ0n) is 16.0. The van der Waals surface area contributed by atoms with Gasteiger partial charge in [0.15, 0.2) is 5.82 Å². The number of carbonyl (C=O) groups is 1.